The van der Waals surface area contributed by atoms with Gasteiger partial charge >= 0.3 is 12.1 Å². The first kappa shape index (κ1) is 20.8. The van der Waals surface area contributed by atoms with E-state index in [-0.39, 0.29) is 18.2 Å². The van der Waals surface area contributed by atoms with E-state index in [4.69, 9.17) is 14.2 Å². The second kappa shape index (κ2) is 8.43. The van der Waals surface area contributed by atoms with Crippen LogP contribution >= 0.6 is 15.9 Å². The molecule has 2 rings (SSSR count). The second-order valence-electron chi connectivity index (χ2n) is 7.22. The molecule has 1 atom stereocenters. The van der Waals surface area contributed by atoms with Gasteiger partial charge in [0.1, 0.15) is 5.60 Å². The Kier molecular flexibility index (Phi) is 6.74. The third kappa shape index (κ3) is 5.23. The molecule has 1 saturated heterocycles. The number of amides is 1. The van der Waals surface area contributed by atoms with Crippen LogP contribution in [-0.2, 0) is 20.8 Å². The number of ether oxygens (including phenoxy) is 3. The van der Waals surface area contributed by atoms with Crippen molar-refractivity contribution in [1.29, 1.82) is 0 Å². The first-order valence-electron chi connectivity index (χ1n) is 8.74. The van der Waals surface area contributed by atoms with Crippen molar-refractivity contribution in [1.82, 2.24) is 9.47 Å². The van der Waals surface area contributed by atoms with E-state index in [1.54, 1.807) is 17.9 Å². The number of halogens is 1. The molecule has 7 nitrogen and oxygen atoms in total. The molecule has 0 aliphatic carbocycles. The zero-order chi connectivity index (χ0) is 19.5. The van der Waals surface area contributed by atoms with Gasteiger partial charge in [0.2, 0.25) is 0 Å². The van der Waals surface area contributed by atoms with Gasteiger partial charge in [-0.3, -0.25) is 0 Å². The summed E-state index contributed by atoms with van der Waals surface area (Å²) in [7, 11) is 0. The highest BCUT2D eigenvalue weighted by Crippen LogP contribution is 2.23. The third-order valence-electron chi connectivity index (χ3n) is 3.99. The maximum Gasteiger partial charge on any atom is 0.410 e. The minimum absolute atomic E-state index is 0.186. The zero-order valence-electron chi connectivity index (χ0n) is 16.0. The minimum Gasteiger partial charge on any atom is -0.462 e. The van der Waals surface area contributed by atoms with Gasteiger partial charge < -0.3 is 23.7 Å². The minimum atomic E-state index is -0.528. The Hall–Kier alpha value is -1.54. The van der Waals surface area contributed by atoms with E-state index >= 15 is 0 Å². The molecule has 1 aliphatic heterocycles. The van der Waals surface area contributed by atoms with Crippen LogP contribution in [0, 0.1) is 6.92 Å². The number of hydrogen-bond donors (Lipinski definition) is 0. The van der Waals surface area contributed by atoms with Gasteiger partial charge in [0.15, 0.2) is 0 Å². The molecule has 0 bridgehead atoms. The third-order valence-corrected chi connectivity index (χ3v) is 4.64. The Bertz CT molecular complexity index is 665. The number of rotatable bonds is 4. The zero-order valence-corrected chi connectivity index (χ0v) is 17.6. The number of nitrogens with zero attached hydrogens (tertiary/aromatic N) is 2. The van der Waals surface area contributed by atoms with Crippen molar-refractivity contribution < 1.29 is 23.8 Å². The largest absolute Gasteiger partial charge is 0.462 e. The molecule has 1 aromatic rings. The van der Waals surface area contributed by atoms with Gasteiger partial charge in [0.05, 0.1) is 42.6 Å². The molecule has 1 aromatic heterocycles. The Labute approximate surface area is 162 Å². The maximum atomic E-state index is 12.3. The summed E-state index contributed by atoms with van der Waals surface area (Å²) < 4.78 is 19.1. The Morgan fingerprint density at radius 1 is 1.38 bits per heavy atom. The summed E-state index contributed by atoms with van der Waals surface area (Å²) in [6, 6.07) is 1.75. The van der Waals surface area contributed by atoms with Crippen molar-refractivity contribution in [2.24, 2.45) is 0 Å². The van der Waals surface area contributed by atoms with Gasteiger partial charge in [-0.05, 0) is 56.6 Å². The number of esters is 1. The van der Waals surface area contributed by atoms with Crippen molar-refractivity contribution in [3.8, 4) is 0 Å². The lowest BCUT2D eigenvalue weighted by Crippen LogP contribution is -2.48. The van der Waals surface area contributed by atoms with Crippen molar-refractivity contribution in [3.63, 3.8) is 0 Å². The molecule has 0 unspecified atom stereocenters. The number of carbonyl (C=O) groups excluding carboxylic acids is 2. The van der Waals surface area contributed by atoms with Crippen LogP contribution in [0.5, 0.6) is 0 Å². The monoisotopic (exact) mass is 430 g/mol. The first-order chi connectivity index (χ1) is 12.1. The highest BCUT2D eigenvalue weighted by Gasteiger charge is 2.29. The van der Waals surface area contributed by atoms with Crippen LogP contribution in [0.2, 0.25) is 0 Å². The number of carbonyl (C=O) groups is 2. The fourth-order valence-corrected chi connectivity index (χ4v) is 3.41. The average molecular weight is 431 g/mol. The summed E-state index contributed by atoms with van der Waals surface area (Å²) in [5.74, 6) is -0.343. The molecular formula is C18H27BrN2O5. The van der Waals surface area contributed by atoms with Crippen LogP contribution in [0.3, 0.4) is 0 Å². The lowest BCUT2D eigenvalue weighted by atomic mass is 10.2. The average Bonchev–Trinajstić information content (AvgIpc) is 2.82. The van der Waals surface area contributed by atoms with Crippen LogP contribution in [-0.4, -0.2) is 59.5 Å². The standard InChI is InChI=1S/C18H27BrN2O5/c1-6-24-16(22)14-9-15(19)21(12(14)2)11-13-10-20(7-8-25-13)17(23)26-18(3,4)5/h9,13H,6-8,10-11H2,1-5H3/t13-/m0/s1. The number of aromatic nitrogens is 1. The number of morpholine rings is 1. The van der Waals surface area contributed by atoms with Crippen LogP contribution in [0.25, 0.3) is 0 Å². The summed E-state index contributed by atoms with van der Waals surface area (Å²) in [5, 5.41) is 0. The van der Waals surface area contributed by atoms with Gasteiger partial charge in [-0.25, -0.2) is 9.59 Å². The van der Waals surface area contributed by atoms with Crippen LogP contribution in [0.4, 0.5) is 4.79 Å². The van der Waals surface area contributed by atoms with Crippen molar-refractivity contribution in [2.75, 3.05) is 26.3 Å². The summed E-state index contributed by atoms with van der Waals surface area (Å²) in [4.78, 5) is 26.0. The predicted octanol–water partition coefficient (Wildman–Crippen LogP) is 3.37. The predicted molar refractivity (Wildman–Crippen MR) is 100 cm³/mol. The Morgan fingerprint density at radius 3 is 2.69 bits per heavy atom. The summed E-state index contributed by atoms with van der Waals surface area (Å²) in [6.45, 7) is 11.4. The van der Waals surface area contributed by atoms with Crippen LogP contribution < -0.4 is 0 Å². The first-order valence-corrected chi connectivity index (χ1v) is 9.54. The van der Waals surface area contributed by atoms with E-state index in [1.165, 1.54) is 0 Å². The molecule has 0 aromatic carbocycles. The van der Waals surface area contributed by atoms with Crippen molar-refractivity contribution in [3.05, 3.63) is 21.9 Å². The fourth-order valence-electron chi connectivity index (χ4n) is 2.77. The molecule has 146 valence electrons. The maximum absolute atomic E-state index is 12.3. The quantitative estimate of drug-likeness (QED) is 0.684. The van der Waals surface area contributed by atoms with E-state index in [9.17, 15) is 9.59 Å². The fraction of sp³-hybridized carbons (Fsp3) is 0.667. The molecule has 1 amide bonds. The van der Waals surface area contributed by atoms with Crippen LogP contribution in [0.1, 0.15) is 43.7 Å². The topological polar surface area (TPSA) is 70.0 Å². The van der Waals surface area contributed by atoms with Crippen LogP contribution in [0.15, 0.2) is 10.7 Å². The lowest BCUT2D eigenvalue weighted by molar-refractivity contribution is -0.0475. The highest BCUT2D eigenvalue weighted by atomic mass is 79.9. The molecule has 0 N–H and O–H groups in total. The molecule has 1 aliphatic rings. The summed E-state index contributed by atoms with van der Waals surface area (Å²) in [5.41, 5.74) is 0.797. The SMILES string of the molecule is CCOC(=O)c1cc(Br)n(C[C@@H]2CN(C(=O)OC(C)(C)C)CCO2)c1C. The lowest BCUT2D eigenvalue weighted by Gasteiger charge is -2.34. The van der Waals surface area contributed by atoms with E-state index in [2.05, 4.69) is 15.9 Å². The van der Waals surface area contributed by atoms with Gasteiger partial charge in [-0.1, -0.05) is 0 Å². The summed E-state index contributed by atoms with van der Waals surface area (Å²) in [6.07, 6.45) is -0.518. The van der Waals surface area contributed by atoms with E-state index < -0.39 is 5.60 Å². The smallest absolute Gasteiger partial charge is 0.410 e. The van der Waals surface area contributed by atoms with Gasteiger partial charge in [-0.2, -0.15) is 0 Å². The number of hydrogen-bond acceptors (Lipinski definition) is 5. The second-order valence-corrected chi connectivity index (χ2v) is 8.03. The molecular weight excluding hydrogens is 404 g/mol. The molecule has 26 heavy (non-hydrogen) atoms. The Morgan fingerprint density at radius 2 is 2.08 bits per heavy atom. The van der Waals surface area contributed by atoms with Gasteiger partial charge in [0.25, 0.3) is 0 Å². The van der Waals surface area contributed by atoms with Gasteiger partial charge in [-0.15, -0.1) is 0 Å². The molecule has 0 spiro atoms. The molecule has 0 radical (unpaired) electrons. The molecule has 1 fully saturated rings. The molecule has 0 saturated carbocycles. The Balaban J connectivity index is 2.07. The van der Waals surface area contributed by atoms with Gasteiger partial charge in [0, 0.05) is 12.2 Å². The highest BCUT2D eigenvalue weighted by molar-refractivity contribution is 9.10. The van der Waals surface area contributed by atoms with E-state index in [0.717, 1.165) is 10.3 Å². The van der Waals surface area contributed by atoms with E-state index in [1.807, 2.05) is 32.3 Å². The van der Waals surface area contributed by atoms with Crippen molar-refractivity contribution >= 4 is 28.0 Å². The summed E-state index contributed by atoms with van der Waals surface area (Å²) >= 11 is 3.49. The van der Waals surface area contributed by atoms with E-state index in [0.29, 0.717) is 38.4 Å². The molecule has 2 heterocycles. The molecule has 8 heteroatoms. The normalized spacial score (nSPS) is 17.9. The van der Waals surface area contributed by atoms with Crippen molar-refractivity contribution in [2.45, 2.75) is 52.9 Å².